The Morgan fingerprint density at radius 2 is 2.00 bits per heavy atom. The average Bonchev–Trinajstić information content (AvgIpc) is 2.38. The molecule has 0 aliphatic carbocycles. The van der Waals surface area contributed by atoms with E-state index < -0.39 is 5.60 Å². The van der Waals surface area contributed by atoms with Crippen molar-refractivity contribution < 1.29 is 9.53 Å². The zero-order chi connectivity index (χ0) is 13.9. The number of hydrogen-bond acceptors (Lipinski definition) is 3. The Morgan fingerprint density at radius 3 is 2.63 bits per heavy atom. The van der Waals surface area contributed by atoms with Crippen molar-refractivity contribution in [3.8, 4) is 0 Å². The second kappa shape index (κ2) is 5.59. The Balaban J connectivity index is 2.15. The van der Waals surface area contributed by atoms with Crippen molar-refractivity contribution >= 4 is 6.09 Å². The molecule has 0 saturated carbocycles. The van der Waals surface area contributed by atoms with E-state index in [0.29, 0.717) is 0 Å². The van der Waals surface area contributed by atoms with Gasteiger partial charge in [-0.15, -0.1) is 0 Å². The molecule has 19 heavy (non-hydrogen) atoms. The summed E-state index contributed by atoms with van der Waals surface area (Å²) in [6.07, 6.45) is 6.51. The molecule has 1 aromatic heterocycles. The van der Waals surface area contributed by atoms with Gasteiger partial charge in [0.05, 0.1) is 6.04 Å². The van der Waals surface area contributed by atoms with Gasteiger partial charge in [0.2, 0.25) is 0 Å². The van der Waals surface area contributed by atoms with E-state index in [9.17, 15) is 4.79 Å². The lowest BCUT2D eigenvalue weighted by Crippen LogP contribution is -2.41. The van der Waals surface area contributed by atoms with Crippen LogP contribution < -0.4 is 0 Å². The molecule has 4 nitrogen and oxygen atoms in total. The molecule has 1 amide bonds. The summed E-state index contributed by atoms with van der Waals surface area (Å²) in [6.45, 7) is 6.46. The monoisotopic (exact) mass is 262 g/mol. The van der Waals surface area contributed by atoms with Crippen molar-refractivity contribution in [2.24, 2.45) is 0 Å². The van der Waals surface area contributed by atoms with E-state index in [2.05, 4.69) is 4.98 Å². The number of nitrogens with zero attached hydrogens (tertiary/aromatic N) is 2. The van der Waals surface area contributed by atoms with Crippen LogP contribution in [0.3, 0.4) is 0 Å². The van der Waals surface area contributed by atoms with Gasteiger partial charge >= 0.3 is 6.09 Å². The van der Waals surface area contributed by atoms with E-state index in [4.69, 9.17) is 4.74 Å². The molecular formula is C15H22N2O2. The first-order valence-electron chi connectivity index (χ1n) is 6.87. The number of likely N-dealkylation sites (tertiary alicyclic amines) is 1. The molecule has 0 aromatic carbocycles. The summed E-state index contributed by atoms with van der Waals surface area (Å²) in [7, 11) is 0. The van der Waals surface area contributed by atoms with Crippen LogP contribution in [0.25, 0.3) is 0 Å². The topological polar surface area (TPSA) is 42.4 Å². The fraction of sp³-hybridized carbons (Fsp3) is 0.600. The van der Waals surface area contributed by atoms with Gasteiger partial charge in [0, 0.05) is 18.9 Å². The number of carbonyl (C=O) groups excluding carboxylic acids is 1. The Bertz CT molecular complexity index is 426. The maximum Gasteiger partial charge on any atom is 0.410 e. The van der Waals surface area contributed by atoms with Crippen LogP contribution in [-0.4, -0.2) is 28.1 Å². The van der Waals surface area contributed by atoms with Crippen LogP contribution in [0.4, 0.5) is 4.79 Å². The summed E-state index contributed by atoms with van der Waals surface area (Å²) in [5, 5.41) is 0. The molecule has 104 valence electrons. The number of carbonyl (C=O) groups is 1. The smallest absolute Gasteiger partial charge is 0.410 e. The van der Waals surface area contributed by atoms with E-state index >= 15 is 0 Å². The summed E-state index contributed by atoms with van der Waals surface area (Å²) in [5.41, 5.74) is 0.692. The third-order valence-electron chi connectivity index (χ3n) is 3.22. The molecular weight excluding hydrogens is 240 g/mol. The lowest BCUT2D eigenvalue weighted by Gasteiger charge is -2.37. The zero-order valence-electron chi connectivity index (χ0n) is 11.9. The first-order chi connectivity index (χ1) is 8.97. The number of ether oxygens (including phenoxy) is 1. The van der Waals surface area contributed by atoms with Crippen LogP contribution in [0.5, 0.6) is 0 Å². The highest BCUT2D eigenvalue weighted by molar-refractivity contribution is 5.69. The van der Waals surface area contributed by atoms with Crippen molar-refractivity contribution in [3.63, 3.8) is 0 Å². The summed E-state index contributed by atoms with van der Waals surface area (Å²) in [6, 6.07) is 4.08. The van der Waals surface area contributed by atoms with Gasteiger partial charge in [-0.05, 0) is 57.7 Å². The van der Waals surface area contributed by atoms with Crippen LogP contribution in [-0.2, 0) is 4.74 Å². The minimum absolute atomic E-state index is 0.117. The van der Waals surface area contributed by atoms with E-state index in [1.165, 1.54) is 0 Å². The molecule has 0 radical (unpaired) electrons. The number of aromatic nitrogens is 1. The maximum absolute atomic E-state index is 12.3. The van der Waals surface area contributed by atoms with Gasteiger partial charge in [0.1, 0.15) is 5.60 Å². The number of rotatable bonds is 1. The predicted octanol–water partition coefficient (Wildman–Crippen LogP) is 3.54. The van der Waals surface area contributed by atoms with E-state index in [0.717, 1.165) is 31.4 Å². The first kappa shape index (κ1) is 13.8. The number of hydrogen-bond donors (Lipinski definition) is 0. The van der Waals surface area contributed by atoms with Crippen LogP contribution >= 0.6 is 0 Å². The molecule has 1 aromatic rings. The van der Waals surface area contributed by atoms with Crippen molar-refractivity contribution in [3.05, 3.63) is 30.1 Å². The zero-order valence-corrected chi connectivity index (χ0v) is 11.9. The highest BCUT2D eigenvalue weighted by Crippen LogP contribution is 2.31. The molecule has 1 saturated heterocycles. The molecule has 4 heteroatoms. The summed E-state index contributed by atoms with van der Waals surface area (Å²) in [4.78, 5) is 18.2. The Hall–Kier alpha value is -1.58. The van der Waals surface area contributed by atoms with Crippen molar-refractivity contribution in [2.45, 2.75) is 51.7 Å². The highest BCUT2D eigenvalue weighted by atomic mass is 16.6. The van der Waals surface area contributed by atoms with Gasteiger partial charge in [-0.2, -0.15) is 0 Å². The van der Waals surface area contributed by atoms with E-state index in [1.807, 2.05) is 37.8 Å². The number of piperidine rings is 1. The van der Waals surface area contributed by atoms with Gasteiger partial charge in [0.25, 0.3) is 0 Å². The SMILES string of the molecule is CC(C)(C)OC(=O)N1CCCC[C@@H]1c1ccncc1. The van der Waals surface area contributed by atoms with Crippen LogP contribution in [0.1, 0.15) is 51.6 Å². The molecule has 1 fully saturated rings. The number of amides is 1. The fourth-order valence-corrected chi connectivity index (χ4v) is 2.40. The lowest BCUT2D eigenvalue weighted by molar-refractivity contribution is 0.00950. The third kappa shape index (κ3) is 3.69. The molecule has 1 aliphatic rings. The van der Waals surface area contributed by atoms with Crippen molar-refractivity contribution in [1.82, 2.24) is 9.88 Å². The largest absolute Gasteiger partial charge is 0.444 e. The summed E-state index contributed by atoms with van der Waals surface area (Å²) < 4.78 is 5.50. The predicted molar refractivity (Wildman–Crippen MR) is 73.8 cm³/mol. The minimum Gasteiger partial charge on any atom is -0.444 e. The second-order valence-corrected chi connectivity index (χ2v) is 5.97. The maximum atomic E-state index is 12.3. The molecule has 0 N–H and O–H groups in total. The van der Waals surface area contributed by atoms with Crippen LogP contribution in [0.2, 0.25) is 0 Å². The number of pyridine rings is 1. The Morgan fingerprint density at radius 1 is 1.32 bits per heavy atom. The quantitative estimate of drug-likeness (QED) is 0.777. The molecule has 1 atom stereocenters. The molecule has 2 heterocycles. The Kier molecular flexibility index (Phi) is 4.08. The normalized spacial score (nSPS) is 20.2. The highest BCUT2D eigenvalue weighted by Gasteiger charge is 2.31. The van der Waals surface area contributed by atoms with Crippen molar-refractivity contribution in [2.75, 3.05) is 6.54 Å². The summed E-state index contributed by atoms with van der Waals surface area (Å²) in [5.74, 6) is 0. The van der Waals surface area contributed by atoms with Gasteiger partial charge < -0.3 is 9.64 Å². The van der Waals surface area contributed by atoms with Gasteiger partial charge in [-0.3, -0.25) is 4.98 Å². The van der Waals surface area contributed by atoms with Crippen LogP contribution in [0, 0.1) is 0 Å². The van der Waals surface area contributed by atoms with Gasteiger partial charge in [-0.25, -0.2) is 4.79 Å². The van der Waals surface area contributed by atoms with Gasteiger partial charge in [0.15, 0.2) is 0 Å². The van der Waals surface area contributed by atoms with Crippen LogP contribution in [0.15, 0.2) is 24.5 Å². The second-order valence-electron chi connectivity index (χ2n) is 5.97. The average molecular weight is 262 g/mol. The standard InChI is InChI=1S/C15H22N2O2/c1-15(2,3)19-14(18)17-11-5-4-6-13(17)12-7-9-16-10-8-12/h7-10,13H,4-6,11H2,1-3H3/t13-/m1/s1. The first-order valence-corrected chi connectivity index (χ1v) is 6.87. The molecule has 1 aliphatic heterocycles. The van der Waals surface area contributed by atoms with E-state index in [1.54, 1.807) is 12.4 Å². The summed E-state index contributed by atoms with van der Waals surface area (Å²) >= 11 is 0. The molecule has 2 rings (SSSR count). The molecule has 0 bridgehead atoms. The van der Waals surface area contributed by atoms with E-state index in [-0.39, 0.29) is 12.1 Å². The molecule has 0 unspecified atom stereocenters. The minimum atomic E-state index is -0.447. The third-order valence-corrected chi connectivity index (χ3v) is 3.22. The lowest BCUT2D eigenvalue weighted by atomic mass is 9.96. The fourth-order valence-electron chi connectivity index (χ4n) is 2.40. The van der Waals surface area contributed by atoms with Crippen molar-refractivity contribution in [1.29, 1.82) is 0 Å². The molecule has 0 spiro atoms. The Labute approximate surface area is 114 Å². The van der Waals surface area contributed by atoms with Gasteiger partial charge in [-0.1, -0.05) is 0 Å².